The summed E-state index contributed by atoms with van der Waals surface area (Å²) in [4.78, 5) is 11.2. The number of benzene rings is 1. The molecule has 0 atom stereocenters. The van der Waals surface area contributed by atoms with Crippen LogP contribution < -0.4 is 5.73 Å². The van der Waals surface area contributed by atoms with Crippen LogP contribution in [0, 0.1) is 5.82 Å². The molecule has 1 rings (SSSR count). The van der Waals surface area contributed by atoms with Crippen LogP contribution >= 0.6 is 11.6 Å². The molecule has 0 aliphatic carbocycles. The molecule has 0 spiro atoms. The summed E-state index contributed by atoms with van der Waals surface area (Å²) in [5, 5.41) is 0.185. The van der Waals surface area contributed by atoms with Gasteiger partial charge in [0.2, 0.25) is 0 Å². The highest BCUT2D eigenvalue weighted by molar-refractivity contribution is 6.32. The molecule has 17 heavy (non-hydrogen) atoms. The van der Waals surface area contributed by atoms with E-state index in [2.05, 4.69) is 0 Å². The highest BCUT2D eigenvalue weighted by Crippen LogP contribution is 2.23. The second-order valence-corrected chi connectivity index (χ2v) is 4.12. The quantitative estimate of drug-likeness (QED) is 0.514. The number of hydrogen-bond acceptors (Lipinski definition) is 3. The van der Waals surface area contributed by atoms with Crippen molar-refractivity contribution in [3.8, 4) is 0 Å². The number of nitrogens with two attached hydrogens (primary N) is 1. The van der Waals surface area contributed by atoms with Gasteiger partial charge in [0.05, 0.1) is 16.8 Å². The highest BCUT2D eigenvalue weighted by atomic mass is 35.5. The fourth-order valence-electron chi connectivity index (χ4n) is 1.14. The second-order valence-electron chi connectivity index (χ2n) is 3.71. The van der Waals surface area contributed by atoms with Crippen molar-refractivity contribution >= 4 is 29.3 Å². The molecule has 5 heteroatoms. The molecule has 0 saturated carbocycles. The number of nitrogen functional groups attached to an aromatic ring is 1. The third-order valence-corrected chi connectivity index (χ3v) is 2.19. The van der Waals surface area contributed by atoms with Crippen molar-refractivity contribution in [3.05, 3.63) is 34.6 Å². The summed E-state index contributed by atoms with van der Waals surface area (Å²) in [6.45, 7) is 3.49. The minimum absolute atomic E-state index is 0.0220. The Bertz CT molecular complexity index is 458. The maximum absolute atomic E-state index is 13.0. The maximum Gasteiger partial charge on any atom is 0.331 e. The average molecular weight is 258 g/mol. The number of esters is 1. The number of hydrogen-bond donors (Lipinski definition) is 1. The van der Waals surface area contributed by atoms with Crippen LogP contribution in [0.4, 0.5) is 10.1 Å². The Morgan fingerprint density at radius 2 is 2.18 bits per heavy atom. The molecule has 1 aromatic rings. The number of ether oxygens (including phenoxy) is 1. The first kappa shape index (κ1) is 13.5. The number of rotatable bonds is 3. The van der Waals surface area contributed by atoms with Gasteiger partial charge in [-0.3, -0.25) is 0 Å². The van der Waals surface area contributed by atoms with Crippen molar-refractivity contribution in [1.29, 1.82) is 0 Å². The van der Waals surface area contributed by atoms with Gasteiger partial charge in [0.1, 0.15) is 5.82 Å². The molecule has 0 aliphatic heterocycles. The number of carbonyl (C=O) groups is 1. The molecule has 1 aromatic carbocycles. The maximum atomic E-state index is 13.0. The van der Waals surface area contributed by atoms with Crippen molar-refractivity contribution in [2.45, 2.75) is 20.0 Å². The standard InChI is InChI=1S/C12H13ClFNO2/c1-7(2)17-12(16)4-3-8-5-11(15)10(14)6-9(8)13/h3-7H,15H2,1-2H3/b4-3+. The monoisotopic (exact) mass is 257 g/mol. The van der Waals surface area contributed by atoms with Crippen LogP contribution in [0.5, 0.6) is 0 Å². The van der Waals surface area contributed by atoms with E-state index in [4.69, 9.17) is 22.1 Å². The Kier molecular flexibility index (Phi) is 4.52. The first-order valence-corrected chi connectivity index (χ1v) is 5.41. The lowest BCUT2D eigenvalue weighted by Gasteiger charge is -2.05. The Balaban J connectivity index is 2.85. The van der Waals surface area contributed by atoms with Gasteiger partial charge in [-0.1, -0.05) is 11.6 Å². The van der Waals surface area contributed by atoms with Gasteiger partial charge in [-0.15, -0.1) is 0 Å². The van der Waals surface area contributed by atoms with Crippen LogP contribution in [0.2, 0.25) is 5.02 Å². The zero-order valence-corrected chi connectivity index (χ0v) is 10.3. The first-order valence-electron chi connectivity index (χ1n) is 5.03. The largest absolute Gasteiger partial charge is 0.460 e. The fraction of sp³-hybridized carbons (Fsp3) is 0.250. The van der Waals surface area contributed by atoms with Crippen LogP contribution in [0.15, 0.2) is 18.2 Å². The molecular formula is C12H13ClFNO2. The minimum atomic E-state index is -0.586. The molecular weight excluding hydrogens is 245 g/mol. The van der Waals surface area contributed by atoms with Gasteiger partial charge >= 0.3 is 5.97 Å². The van der Waals surface area contributed by atoms with E-state index in [1.807, 2.05) is 0 Å². The first-order chi connectivity index (χ1) is 7.90. The molecule has 0 radical (unpaired) electrons. The minimum Gasteiger partial charge on any atom is -0.460 e. The van der Waals surface area contributed by atoms with Crippen molar-refractivity contribution in [1.82, 2.24) is 0 Å². The van der Waals surface area contributed by atoms with Crippen LogP contribution in [0.1, 0.15) is 19.4 Å². The summed E-state index contributed by atoms with van der Waals surface area (Å²) in [5.74, 6) is -1.07. The summed E-state index contributed by atoms with van der Waals surface area (Å²) < 4.78 is 17.9. The number of anilines is 1. The SMILES string of the molecule is CC(C)OC(=O)/C=C/c1cc(N)c(F)cc1Cl. The topological polar surface area (TPSA) is 52.3 Å². The van der Waals surface area contributed by atoms with Crippen molar-refractivity contribution < 1.29 is 13.9 Å². The molecule has 3 nitrogen and oxygen atoms in total. The molecule has 0 unspecified atom stereocenters. The molecule has 0 fully saturated rings. The normalized spacial score (nSPS) is 11.1. The van der Waals surface area contributed by atoms with E-state index in [1.54, 1.807) is 13.8 Å². The highest BCUT2D eigenvalue weighted by Gasteiger charge is 2.05. The second kappa shape index (κ2) is 5.68. The van der Waals surface area contributed by atoms with E-state index >= 15 is 0 Å². The zero-order chi connectivity index (χ0) is 13.0. The molecule has 0 bridgehead atoms. The lowest BCUT2D eigenvalue weighted by atomic mass is 10.2. The molecule has 0 aliphatic rings. The summed E-state index contributed by atoms with van der Waals surface area (Å²) >= 11 is 5.79. The number of halogens is 2. The van der Waals surface area contributed by atoms with Crippen LogP contribution in [-0.4, -0.2) is 12.1 Å². The third kappa shape index (κ3) is 4.07. The van der Waals surface area contributed by atoms with Crippen LogP contribution in [0.25, 0.3) is 6.08 Å². The Morgan fingerprint density at radius 3 is 2.76 bits per heavy atom. The van der Waals surface area contributed by atoms with Gasteiger partial charge in [0.25, 0.3) is 0 Å². The molecule has 92 valence electrons. The van der Waals surface area contributed by atoms with E-state index < -0.39 is 11.8 Å². The van der Waals surface area contributed by atoms with Gasteiger partial charge in [-0.2, -0.15) is 0 Å². The van der Waals surface area contributed by atoms with Crippen LogP contribution in [0.3, 0.4) is 0 Å². The predicted molar refractivity (Wildman–Crippen MR) is 66.1 cm³/mol. The summed E-state index contributed by atoms with van der Waals surface area (Å²) in [6, 6.07) is 2.46. The summed E-state index contributed by atoms with van der Waals surface area (Å²) in [7, 11) is 0. The van der Waals surface area contributed by atoms with Crippen molar-refractivity contribution in [3.63, 3.8) is 0 Å². The lowest BCUT2D eigenvalue weighted by Crippen LogP contribution is -2.08. The Labute approximate surface area is 104 Å². The molecule has 2 N–H and O–H groups in total. The van der Waals surface area contributed by atoms with Gasteiger partial charge in [0.15, 0.2) is 0 Å². The molecule has 0 heterocycles. The summed E-state index contributed by atoms with van der Waals surface area (Å²) in [5.41, 5.74) is 5.84. The van der Waals surface area contributed by atoms with Gasteiger partial charge in [0, 0.05) is 6.08 Å². The molecule has 0 amide bonds. The van der Waals surface area contributed by atoms with Crippen molar-refractivity contribution in [2.24, 2.45) is 0 Å². The summed E-state index contributed by atoms with van der Waals surface area (Å²) in [6.07, 6.45) is 2.46. The van der Waals surface area contributed by atoms with E-state index in [0.717, 1.165) is 6.07 Å². The third-order valence-electron chi connectivity index (χ3n) is 1.87. The molecule has 0 aromatic heterocycles. The van der Waals surface area contributed by atoms with Gasteiger partial charge in [-0.25, -0.2) is 9.18 Å². The van der Waals surface area contributed by atoms with Crippen LogP contribution in [-0.2, 0) is 9.53 Å². The van der Waals surface area contributed by atoms with Gasteiger partial charge < -0.3 is 10.5 Å². The average Bonchev–Trinajstić information content (AvgIpc) is 2.20. The number of carbonyl (C=O) groups excluding carboxylic acids is 1. The van der Waals surface area contributed by atoms with Gasteiger partial charge in [-0.05, 0) is 37.6 Å². The van der Waals surface area contributed by atoms with E-state index in [9.17, 15) is 9.18 Å². The lowest BCUT2D eigenvalue weighted by molar-refractivity contribution is -0.141. The Hall–Kier alpha value is -1.55. The fourth-order valence-corrected chi connectivity index (χ4v) is 1.35. The predicted octanol–water partition coefficient (Wildman–Crippen LogP) is 3.03. The zero-order valence-electron chi connectivity index (χ0n) is 9.54. The van der Waals surface area contributed by atoms with E-state index in [0.29, 0.717) is 5.56 Å². The van der Waals surface area contributed by atoms with E-state index in [-0.39, 0.29) is 16.8 Å². The Morgan fingerprint density at radius 1 is 1.53 bits per heavy atom. The molecule has 0 saturated heterocycles. The van der Waals surface area contributed by atoms with E-state index in [1.165, 1.54) is 18.2 Å². The smallest absolute Gasteiger partial charge is 0.331 e. The van der Waals surface area contributed by atoms with Crippen molar-refractivity contribution in [2.75, 3.05) is 5.73 Å².